The van der Waals surface area contributed by atoms with Crippen LogP contribution >= 0.6 is 0 Å². The minimum atomic E-state index is -0.787. The fourth-order valence-electron chi connectivity index (χ4n) is 10.1. The average Bonchev–Trinajstić information content (AvgIpc) is 3.55. The number of ether oxygens (including phenoxy) is 2. The Hall–Kier alpha value is -4.74. The van der Waals surface area contributed by atoms with E-state index in [1.807, 2.05) is 0 Å². The topological polar surface area (TPSA) is 72.8 Å². The fraction of sp³-hybridized carbons (Fsp3) is 0.639. The maximum Gasteiger partial charge on any atom is 0.306 e. The summed E-state index contributed by atoms with van der Waals surface area (Å²) < 4.78 is 10.8. The molecule has 0 rings (SSSR count). The first-order chi connectivity index (χ1) is 43.6. The maximum atomic E-state index is 12.4. The monoisotopic (exact) mass is 1210 g/mol. The van der Waals surface area contributed by atoms with Crippen LogP contribution in [0.4, 0.5) is 0 Å². The van der Waals surface area contributed by atoms with Crippen LogP contribution in [-0.4, -0.2) is 36.4 Å². The van der Waals surface area contributed by atoms with Gasteiger partial charge in [0.05, 0.1) is 6.61 Å². The third-order valence-corrected chi connectivity index (χ3v) is 15.5. The molecule has 0 amide bonds. The van der Waals surface area contributed by atoms with E-state index in [1.54, 1.807) is 0 Å². The summed E-state index contributed by atoms with van der Waals surface area (Å²) in [6.45, 7) is 3.92. The van der Waals surface area contributed by atoms with Gasteiger partial charge in [0.2, 0.25) is 0 Å². The predicted octanol–water partition coefficient (Wildman–Crippen LogP) is 26.0. The first kappa shape index (κ1) is 83.3. The van der Waals surface area contributed by atoms with Crippen molar-refractivity contribution in [1.29, 1.82) is 0 Å². The van der Waals surface area contributed by atoms with E-state index in [-0.39, 0.29) is 25.2 Å². The van der Waals surface area contributed by atoms with Crippen LogP contribution in [0.5, 0.6) is 0 Å². The molecule has 0 heterocycles. The number of unbranched alkanes of at least 4 members (excludes halogenated alkanes) is 30. The number of aliphatic hydroxyl groups excluding tert-OH is 1. The van der Waals surface area contributed by atoms with Gasteiger partial charge >= 0.3 is 11.9 Å². The van der Waals surface area contributed by atoms with Gasteiger partial charge in [0.15, 0.2) is 6.10 Å². The maximum absolute atomic E-state index is 12.4. The van der Waals surface area contributed by atoms with Crippen molar-refractivity contribution in [2.45, 2.75) is 328 Å². The second-order valence-electron chi connectivity index (χ2n) is 23.9. The molecular weight excluding hydrogens is 1080 g/mol. The van der Waals surface area contributed by atoms with Gasteiger partial charge in [0.1, 0.15) is 6.61 Å². The molecule has 0 radical (unpaired) electrons. The highest BCUT2D eigenvalue weighted by Crippen LogP contribution is 2.17. The third-order valence-electron chi connectivity index (χ3n) is 15.5. The van der Waals surface area contributed by atoms with E-state index in [0.717, 1.165) is 135 Å². The number of allylic oxidation sites excluding steroid dienone is 28. The van der Waals surface area contributed by atoms with Crippen molar-refractivity contribution in [1.82, 2.24) is 0 Å². The SMILES string of the molecule is CC/C=C\C/C=C\C/C=C\C/C=C\C/C=C\C/C=C\C/C=C\C/C=C\C/C=C\CCCCCCCCCCCC(=O)OC(CO)COC(=O)CCCCCCCCCCCCCCCCCCCCCCC/C=C\C/C=C\C/C=C\C/C=C\C/C=C\CC. The van der Waals surface area contributed by atoms with E-state index in [4.69, 9.17) is 9.47 Å². The molecule has 0 aromatic heterocycles. The molecule has 498 valence electrons. The molecule has 1 N–H and O–H groups in total. The highest BCUT2D eigenvalue weighted by Gasteiger charge is 2.16. The summed E-state index contributed by atoms with van der Waals surface area (Å²) in [7, 11) is 0. The normalized spacial score (nSPS) is 13.3. The molecule has 0 aliphatic rings. The Morgan fingerprint density at radius 3 is 0.682 bits per heavy atom. The summed E-state index contributed by atoms with van der Waals surface area (Å²) in [6.07, 6.45) is 118. The molecule has 1 atom stereocenters. The molecule has 0 bridgehead atoms. The van der Waals surface area contributed by atoms with Crippen LogP contribution in [0.25, 0.3) is 0 Å². The van der Waals surface area contributed by atoms with Crippen LogP contribution in [0.15, 0.2) is 170 Å². The minimum absolute atomic E-state index is 0.0740. The standard InChI is InChI=1S/C83H136O5/c1-3-5-7-9-11-13-15-17-19-21-23-25-27-29-31-33-35-37-39-41-43-45-47-49-51-53-55-57-59-61-63-65-67-69-71-73-75-77-82(85)87-80-81(79-84)88-83(86)78-76-74-72-70-68-66-64-62-60-58-56-54-52-50-48-46-44-42-40-38-36-34-32-30-28-26-24-22-20-18-16-14-12-10-8-6-4-2/h5-8,11-14,17-20,23-26,29-32,36,38,42,44,48,50,54,56,81,84H,3-4,9-10,15-16,21-22,27-28,33-35,37,39-41,43,45-47,49,51-53,55,57-80H2,1-2H3/b7-5-,8-6-,13-11-,14-12-,19-17-,20-18-,25-23-,26-24-,31-29-,32-30-,38-36-,44-42-,50-48-,56-54-. The van der Waals surface area contributed by atoms with Crippen molar-refractivity contribution in [3.05, 3.63) is 170 Å². The summed E-state index contributed by atoms with van der Waals surface area (Å²) in [5, 5.41) is 9.72. The summed E-state index contributed by atoms with van der Waals surface area (Å²) in [5.74, 6) is -0.595. The summed E-state index contributed by atoms with van der Waals surface area (Å²) in [4.78, 5) is 24.7. The van der Waals surface area contributed by atoms with Gasteiger partial charge < -0.3 is 14.6 Å². The predicted molar refractivity (Wildman–Crippen MR) is 389 cm³/mol. The molecule has 5 heteroatoms. The van der Waals surface area contributed by atoms with Gasteiger partial charge in [-0.2, -0.15) is 0 Å². The Morgan fingerprint density at radius 1 is 0.261 bits per heavy atom. The first-order valence-electron chi connectivity index (χ1n) is 36.7. The van der Waals surface area contributed by atoms with E-state index in [0.29, 0.717) is 12.8 Å². The van der Waals surface area contributed by atoms with E-state index in [9.17, 15) is 14.7 Å². The highest BCUT2D eigenvalue weighted by molar-refractivity contribution is 5.70. The van der Waals surface area contributed by atoms with Gasteiger partial charge in [0.25, 0.3) is 0 Å². The number of aliphatic hydroxyl groups is 1. The number of hydrogen-bond donors (Lipinski definition) is 1. The van der Waals surface area contributed by atoms with Gasteiger partial charge in [-0.1, -0.05) is 351 Å². The van der Waals surface area contributed by atoms with Gasteiger partial charge in [-0.3, -0.25) is 9.59 Å². The lowest BCUT2D eigenvalue weighted by Gasteiger charge is -2.15. The lowest BCUT2D eigenvalue weighted by Crippen LogP contribution is -2.28. The van der Waals surface area contributed by atoms with Crippen LogP contribution < -0.4 is 0 Å². The average molecular weight is 1210 g/mol. The highest BCUT2D eigenvalue weighted by atomic mass is 16.6. The second-order valence-corrected chi connectivity index (χ2v) is 23.9. The number of rotatable bonds is 66. The van der Waals surface area contributed by atoms with Crippen molar-refractivity contribution in [2.75, 3.05) is 13.2 Å². The molecule has 88 heavy (non-hydrogen) atoms. The van der Waals surface area contributed by atoms with Gasteiger partial charge in [-0.05, 0) is 128 Å². The Balaban J connectivity index is 3.51. The molecule has 0 aromatic rings. The number of esters is 2. The fourth-order valence-corrected chi connectivity index (χ4v) is 10.1. The van der Waals surface area contributed by atoms with Crippen LogP contribution in [0.2, 0.25) is 0 Å². The molecular formula is C83H136O5. The number of carbonyl (C=O) groups excluding carboxylic acids is 2. The Kier molecular flexibility index (Phi) is 72.4. The minimum Gasteiger partial charge on any atom is -0.462 e. The van der Waals surface area contributed by atoms with Crippen molar-refractivity contribution in [2.24, 2.45) is 0 Å². The van der Waals surface area contributed by atoms with E-state index in [2.05, 4.69) is 184 Å². The smallest absolute Gasteiger partial charge is 0.306 e. The number of carbonyl (C=O) groups is 2. The van der Waals surface area contributed by atoms with Crippen LogP contribution in [-0.2, 0) is 19.1 Å². The van der Waals surface area contributed by atoms with Crippen LogP contribution in [0, 0.1) is 0 Å². The van der Waals surface area contributed by atoms with Gasteiger partial charge in [0, 0.05) is 12.8 Å². The van der Waals surface area contributed by atoms with Crippen molar-refractivity contribution in [3.63, 3.8) is 0 Å². The van der Waals surface area contributed by atoms with Crippen molar-refractivity contribution in [3.8, 4) is 0 Å². The summed E-state index contributed by atoms with van der Waals surface area (Å²) in [5.41, 5.74) is 0. The van der Waals surface area contributed by atoms with Crippen molar-refractivity contribution >= 4 is 11.9 Å². The molecule has 0 aliphatic carbocycles. The molecule has 0 fully saturated rings. The lowest BCUT2D eigenvalue weighted by atomic mass is 10.0. The largest absolute Gasteiger partial charge is 0.462 e. The number of hydrogen-bond acceptors (Lipinski definition) is 5. The first-order valence-corrected chi connectivity index (χ1v) is 36.7. The van der Waals surface area contributed by atoms with Gasteiger partial charge in [-0.25, -0.2) is 0 Å². The molecule has 0 saturated carbocycles. The summed E-state index contributed by atoms with van der Waals surface area (Å²) >= 11 is 0. The zero-order chi connectivity index (χ0) is 63.3. The zero-order valence-electron chi connectivity index (χ0n) is 57.2. The Morgan fingerprint density at radius 2 is 0.455 bits per heavy atom. The molecule has 5 nitrogen and oxygen atoms in total. The molecule has 0 spiro atoms. The lowest BCUT2D eigenvalue weighted by molar-refractivity contribution is -0.161. The third kappa shape index (κ3) is 73.7. The molecule has 0 aliphatic heterocycles. The van der Waals surface area contributed by atoms with E-state index >= 15 is 0 Å². The quantitative estimate of drug-likeness (QED) is 0.0373. The Bertz CT molecular complexity index is 1910. The van der Waals surface area contributed by atoms with Crippen LogP contribution in [0.3, 0.4) is 0 Å². The Labute approximate surface area is 544 Å². The zero-order valence-corrected chi connectivity index (χ0v) is 57.2. The van der Waals surface area contributed by atoms with Gasteiger partial charge in [-0.15, -0.1) is 0 Å². The van der Waals surface area contributed by atoms with Crippen LogP contribution in [0.1, 0.15) is 322 Å². The van der Waals surface area contributed by atoms with E-state index in [1.165, 1.54) is 161 Å². The van der Waals surface area contributed by atoms with E-state index < -0.39 is 6.10 Å². The summed E-state index contributed by atoms with van der Waals surface area (Å²) in [6, 6.07) is 0. The van der Waals surface area contributed by atoms with Crippen molar-refractivity contribution < 1.29 is 24.2 Å². The second kappa shape index (κ2) is 76.5. The molecule has 1 unspecified atom stereocenters. The molecule has 0 aromatic carbocycles. The molecule has 0 saturated heterocycles.